The molecule has 0 amide bonds. The van der Waals surface area contributed by atoms with E-state index in [4.69, 9.17) is 23.7 Å². The molecule has 188 valence electrons. The van der Waals surface area contributed by atoms with Crippen molar-refractivity contribution >= 4 is 12.0 Å². The Hall–Kier alpha value is -2.55. The van der Waals surface area contributed by atoms with Gasteiger partial charge in [-0.3, -0.25) is 0 Å². The highest BCUT2D eigenvalue weighted by atomic mass is 16.8. The highest BCUT2D eigenvalue weighted by Gasteiger charge is 2.44. The average molecular weight is 483 g/mol. The van der Waals surface area contributed by atoms with Crippen LogP contribution in [-0.4, -0.2) is 54.2 Å². The van der Waals surface area contributed by atoms with Crippen molar-refractivity contribution in [1.82, 2.24) is 0 Å². The number of aliphatic hydroxyl groups is 1. The van der Waals surface area contributed by atoms with E-state index in [0.29, 0.717) is 0 Å². The maximum absolute atomic E-state index is 13.2. The van der Waals surface area contributed by atoms with Gasteiger partial charge in [0.1, 0.15) is 12.2 Å². The number of aliphatic hydroxyl groups excluding tert-OH is 1. The fraction of sp³-hybridized carbons (Fsp3) is 0.464. The summed E-state index contributed by atoms with van der Waals surface area (Å²) in [4.78, 5) is 13.2. The lowest BCUT2D eigenvalue weighted by Gasteiger charge is -2.32. The molecule has 2 aliphatic rings. The smallest absolute Gasteiger partial charge is 0.338 e. The fourth-order valence-electron chi connectivity index (χ4n) is 4.33. The first-order chi connectivity index (χ1) is 16.6. The van der Waals surface area contributed by atoms with Crippen LogP contribution in [0.4, 0.5) is 0 Å². The van der Waals surface area contributed by atoms with Crippen LogP contribution in [-0.2, 0) is 28.5 Å². The molecule has 7 heteroatoms. The Balaban J connectivity index is 1.66. The molecule has 4 rings (SSSR count). The van der Waals surface area contributed by atoms with Crippen molar-refractivity contribution in [2.75, 3.05) is 13.2 Å². The van der Waals surface area contributed by atoms with Crippen LogP contribution in [0.5, 0.6) is 0 Å². The molecule has 0 radical (unpaired) electrons. The number of carbonyl (C=O) groups is 1. The average Bonchev–Trinajstić information content (AvgIpc) is 3.40. The molecule has 0 spiro atoms. The topological polar surface area (TPSA) is 83.5 Å². The molecule has 7 nitrogen and oxygen atoms in total. The number of ether oxygens (including phenoxy) is 5. The molecule has 2 saturated heterocycles. The maximum Gasteiger partial charge on any atom is 0.338 e. The molecular weight excluding hydrogens is 448 g/mol. The minimum absolute atomic E-state index is 0.105. The Kier molecular flexibility index (Phi) is 7.73. The van der Waals surface area contributed by atoms with Gasteiger partial charge < -0.3 is 28.8 Å². The molecule has 0 saturated carbocycles. The Bertz CT molecular complexity index is 1000. The van der Waals surface area contributed by atoms with Crippen LogP contribution in [0.1, 0.15) is 44.9 Å². The highest BCUT2D eigenvalue weighted by molar-refractivity contribution is 5.75. The zero-order valence-corrected chi connectivity index (χ0v) is 20.6. The van der Waals surface area contributed by atoms with Crippen molar-refractivity contribution in [2.24, 2.45) is 5.92 Å². The van der Waals surface area contributed by atoms with Crippen LogP contribution in [0.15, 0.2) is 66.7 Å². The largest absolute Gasteiger partial charge is 0.455 e. The molecule has 2 fully saturated rings. The van der Waals surface area contributed by atoms with E-state index in [1.54, 1.807) is 13.8 Å². The van der Waals surface area contributed by atoms with Gasteiger partial charge in [-0.25, -0.2) is 4.79 Å². The van der Waals surface area contributed by atoms with Crippen LogP contribution in [0.25, 0.3) is 6.08 Å². The Morgan fingerprint density at radius 3 is 2.11 bits per heavy atom. The number of hydrogen-bond donors (Lipinski definition) is 1. The molecule has 2 aliphatic heterocycles. The molecule has 2 heterocycles. The first-order valence-corrected chi connectivity index (χ1v) is 11.9. The van der Waals surface area contributed by atoms with Crippen LogP contribution >= 0.6 is 0 Å². The van der Waals surface area contributed by atoms with E-state index in [0.717, 1.165) is 11.1 Å². The second-order valence-electron chi connectivity index (χ2n) is 9.79. The Morgan fingerprint density at radius 2 is 1.54 bits per heavy atom. The molecular formula is C28H34O7. The van der Waals surface area contributed by atoms with E-state index in [1.165, 1.54) is 0 Å². The van der Waals surface area contributed by atoms with Gasteiger partial charge in [-0.15, -0.1) is 0 Å². The molecule has 0 bridgehead atoms. The summed E-state index contributed by atoms with van der Waals surface area (Å²) < 4.78 is 29.0. The van der Waals surface area contributed by atoms with Gasteiger partial charge in [-0.1, -0.05) is 72.8 Å². The second kappa shape index (κ2) is 10.6. The normalized spacial score (nSPS) is 25.9. The lowest BCUT2D eigenvalue weighted by molar-refractivity contribution is -0.181. The summed E-state index contributed by atoms with van der Waals surface area (Å²) in [6, 6.07) is 19.1. The molecule has 1 N–H and O–H groups in total. The lowest BCUT2D eigenvalue weighted by atomic mass is 9.87. The number of benzene rings is 2. The zero-order chi connectivity index (χ0) is 25.1. The van der Waals surface area contributed by atoms with E-state index in [1.807, 2.05) is 86.7 Å². The van der Waals surface area contributed by atoms with Crippen molar-refractivity contribution < 1.29 is 33.6 Å². The predicted molar refractivity (Wildman–Crippen MR) is 130 cm³/mol. The van der Waals surface area contributed by atoms with Crippen LogP contribution in [0.3, 0.4) is 0 Å². The Labute approximate surface area is 206 Å². The van der Waals surface area contributed by atoms with Gasteiger partial charge >= 0.3 is 5.97 Å². The molecule has 0 unspecified atom stereocenters. The van der Waals surface area contributed by atoms with E-state index in [-0.39, 0.29) is 13.2 Å². The number of esters is 1. The molecule has 35 heavy (non-hydrogen) atoms. The summed E-state index contributed by atoms with van der Waals surface area (Å²) in [6.07, 6.45) is 0.541. The maximum atomic E-state index is 13.2. The summed E-state index contributed by atoms with van der Waals surface area (Å²) >= 11 is 0. The molecule has 0 aromatic heterocycles. The summed E-state index contributed by atoms with van der Waals surface area (Å²) in [5.74, 6) is -2.84. The molecule has 0 aliphatic carbocycles. The molecule has 5 atom stereocenters. The minimum atomic E-state index is -1.01. The van der Waals surface area contributed by atoms with Crippen LogP contribution in [0, 0.1) is 5.92 Å². The van der Waals surface area contributed by atoms with Crippen molar-refractivity contribution in [1.29, 1.82) is 0 Å². The van der Waals surface area contributed by atoms with Gasteiger partial charge in [0.2, 0.25) is 0 Å². The predicted octanol–water partition coefficient (Wildman–Crippen LogP) is 4.26. The van der Waals surface area contributed by atoms with E-state index in [9.17, 15) is 9.90 Å². The van der Waals surface area contributed by atoms with Crippen molar-refractivity contribution in [3.63, 3.8) is 0 Å². The monoisotopic (exact) mass is 482 g/mol. The number of rotatable bonds is 8. The van der Waals surface area contributed by atoms with Crippen LogP contribution < -0.4 is 0 Å². The van der Waals surface area contributed by atoms with Gasteiger partial charge in [0.05, 0.1) is 19.3 Å². The standard InChI is InChI=1S/C28H34O7/c1-27(2)31-17-22(34-27)24(29)21(16-15-19-11-7-5-8-12-19)25(20-13-9-6-10-14-20)33-26(30)23-18-32-28(3,4)35-23/h5-16,21-25,29H,17-18H2,1-4H3/b16-15+/t21-,22+,23+,24+,25-/m0/s1. The van der Waals surface area contributed by atoms with Crippen molar-refractivity contribution in [3.8, 4) is 0 Å². The summed E-state index contributed by atoms with van der Waals surface area (Å²) in [6.45, 7) is 7.46. The molecule has 2 aromatic carbocycles. The van der Waals surface area contributed by atoms with Gasteiger partial charge in [-0.05, 0) is 38.8 Å². The highest BCUT2D eigenvalue weighted by Crippen LogP contribution is 2.36. The SMILES string of the molecule is CC1(C)OC[C@H](C(=O)O[C@@H](c2ccccc2)[C@@H](/C=C/c2ccccc2)[C@@H](O)[C@H]2COC(C)(C)O2)O1. The van der Waals surface area contributed by atoms with Gasteiger partial charge in [0.25, 0.3) is 0 Å². The summed E-state index contributed by atoms with van der Waals surface area (Å²) in [7, 11) is 0. The lowest BCUT2D eigenvalue weighted by Crippen LogP contribution is -2.40. The van der Waals surface area contributed by atoms with Gasteiger partial charge in [-0.2, -0.15) is 0 Å². The van der Waals surface area contributed by atoms with E-state index >= 15 is 0 Å². The third-order valence-corrected chi connectivity index (χ3v) is 6.11. The van der Waals surface area contributed by atoms with Gasteiger partial charge in [0, 0.05) is 5.92 Å². The second-order valence-corrected chi connectivity index (χ2v) is 9.79. The molecule has 2 aromatic rings. The zero-order valence-electron chi connectivity index (χ0n) is 20.6. The van der Waals surface area contributed by atoms with Gasteiger partial charge in [0.15, 0.2) is 17.7 Å². The third kappa shape index (κ3) is 6.57. The first-order valence-electron chi connectivity index (χ1n) is 11.9. The number of hydrogen-bond acceptors (Lipinski definition) is 7. The fourth-order valence-corrected chi connectivity index (χ4v) is 4.33. The van der Waals surface area contributed by atoms with Crippen molar-refractivity contribution in [2.45, 2.75) is 63.7 Å². The van der Waals surface area contributed by atoms with Crippen LogP contribution in [0.2, 0.25) is 0 Å². The van der Waals surface area contributed by atoms with E-state index < -0.39 is 47.9 Å². The minimum Gasteiger partial charge on any atom is -0.455 e. The number of carbonyl (C=O) groups excluding carboxylic acids is 1. The summed E-state index contributed by atoms with van der Waals surface area (Å²) in [5.41, 5.74) is 1.71. The van der Waals surface area contributed by atoms with Crippen molar-refractivity contribution in [3.05, 3.63) is 77.9 Å². The van der Waals surface area contributed by atoms with E-state index in [2.05, 4.69) is 0 Å². The quantitative estimate of drug-likeness (QED) is 0.563. The first kappa shape index (κ1) is 25.5. The Morgan fingerprint density at radius 1 is 0.943 bits per heavy atom. The third-order valence-electron chi connectivity index (χ3n) is 6.11. The summed E-state index contributed by atoms with van der Waals surface area (Å²) in [5, 5.41) is 11.5.